The Morgan fingerprint density at radius 2 is 1.79 bits per heavy atom. The van der Waals surface area contributed by atoms with Crippen LogP contribution in [0.2, 0.25) is 0 Å². The number of aliphatic hydroxyl groups excluding tert-OH is 1. The normalized spacial score (nSPS) is 30.1. The molecule has 5 heteroatoms. The average molecular weight is 329 g/mol. The Morgan fingerprint density at radius 1 is 1.04 bits per heavy atom. The zero-order chi connectivity index (χ0) is 17.1. The summed E-state index contributed by atoms with van der Waals surface area (Å²) in [6, 6.07) is 9.80. The highest BCUT2D eigenvalue weighted by molar-refractivity contribution is 5.85. The highest BCUT2D eigenvalue weighted by Crippen LogP contribution is 2.36. The van der Waals surface area contributed by atoms with E-state index >= 15 is 0 Å². The van der Waals surface area contributed by atoms with E-state index < -0.39 is 23.9 Å². The van der Waals surface area contributed by atoms with Gasteiger partial charge in [0.15, 0.2) is 0 Å². The lowest BCUT2D eigenvalue weighted by Gasteiger charge is -2.39. The first kappa shape index (κ1) is 16.7. The molecule has 0 bridgehead atoms. The second-order valence-corrected chi connectivity index (χ2v) is 6.64. The van der Waals surface area contributed by atoms with Crippen molar-refractivity contribution in [2.45, 2.75) is 37.8 Å². The maximum atomic E-state index is 13.1. The number of benzene rings is 1. The van der Waals surface area contributed by atoms with Crippen molar-refractivity contribution in [3.8, 4) is 0 Å². The number of carboxylic acid groups (broad SMARTS) is 1. The second kappa shape index (κ2) is 7.18. The topological polar surface area (TPSA) is 77.8 Å². The van der Waals surface area contributed by atoms with Crippen molar-refractivity contribution >= 4 is 11.9 Å². The molecule has 1 amide bonds. The average Bonchev–Trinajstić information content (AvgIpc) is 2.62. The lowest BCUT2D eigenvalue weighted by atomic mass is 9.76. The molecular formula is C19H23NO4. The van der Waals surface area contributed by atoms with Gasteiger partial charge in [-0.15, -0.1) is 0 Å². The standard InChI is InChI=1S/C19H23NO4/c21-14-9-10-15(16(12-14)19(23)24)18(22)20-11-5-4-8-17(20)13-6-2-1-3-7-13/h1-7,14-17,21H,8-12H2,(H,23,24). The summed E-state index contributed by atoms with van der Waals surface area (Å²) in [7, 11) is 0. The van der Waals surface area contributed by atoms with Crippen LogP contribution in [0.15, 0.2) is 42.5 Å². The van der Waals surface area contributed by atoms with E-state index in [-0.39, 0.29) is 18.4 Å². The largest absolute Gasteiger partial charge is 0.481 e. The molecular weight excluding hydrogens is 306 g/mol. The molecule has 5 nitrogen and oxygen atoms in total. The van der Waals surface area contributed by atoms with Crippen LogP contribution >= 0.6 is 0 Å². The highest BCUT2D eigenvalue weighted by Gasteiger charge is 2.42. The summed E-state index contributed by atoms with van der Waals surface area (Å²) < 4.78 is 0. The fourth-order valence-corrected chi connectivity index (χ4v) is 3.83. The molecule has 2 N–H and O–H groups in total. The molecule has 1 aliphatic heterocycles. The number of carboxylic acids is 1. The fourth-order valence-electron chi connectivity index (χ4n) is 3.83. The lowest BCUT2D eigenvalue weighted by Crippen LogP contribution is -2.46. The maximum Gasteiger partial charge on any atom is 0.307 e. The molecule has 0 radical (unpaired) electrons. The van der Waals surface area contributed by atoms with Crippen molar-refractivity contribution < 1.29 is 19.8 Å². The molecule has 1 aromatic rings. The Labute approximate surface area is 141 Å². The van der Waals surface area contributed by atoms with E-state index in [0.29, 0.717) is 19.4 Å². The van der Waals surface area contributed by atoms with Gasteiger partial charge in [0.25, 0.3) is 0 Å². The highest BCUT2D eigenvalue weighted by atomic mass is 16.4. The minimum absolute atomic E-state index is 0.0509. The third kappa shape index (κ3) is 3.36. The van der Waals surface area contributed by atoms with Crippen LogP contribution in [0.1, 0.15) is 37.3 Å². The number of nitrogens with zero attached hydrogens (tertiary/aromatic N) is 1. The van der Waals surface area contributed by atoms with Gasteiger partial charge in [-0.05, 0) is 31.2 Å². The van der Waals surface area contributed by atoms with Crippen molar-refractivity contribution in [2.24, 2.45) is 11.8 Å². The molecule has 1 heterocycles. The van der Waals surface area contributed by atoms with Crippen LogP contribution in [0.4, 0.5) is 0 Å². The first-order chi connectivity index (χ1) is 11.6. The molecule has 1 fully saturated rings. The van der Waals surface area contributed by atoms with Crippen molar-refractivity contribution in [1.29, 1.82) is 0 Å². The van der Waals surface area contributed by atoms with Crippen molar-refractivity contribution in [3.05, 3.63) is 48.0 Å². The third-order valence-corrected chi connectivity index (χ3v) is 5.13. The van der Waals surface area contributed by atoms with Gasteiger partial charge < -0.3 is 15.1 Å². The minimum atomic E-state index is -0.990. The molecule has 24 heavy (non-hydrogen) atoms. The smallest absolute Gasteiger partial charge is 0.307 e. The summed E-state index contributed by atoms with van der Waals surface area (Å²) in [6.45, 7) is 0.504. The fraction of sp³-hybridized carbons (Fsp3) is 0.474. The minimum Gasteiger partial charge on any atom is -0.481 e. The van der Waals surface area contributed by atoms with Crippen molar-refractivity contribution in [3.63, 3.8) is 0 Å². The van der Waals surface area contributed by atoms with Gasteiger partial charge in [0.2, 0.25) is 5.91 Å². The zero-order valence-electron chi connectivity index (χ0n) is 13.5. The van der Waals surface area contributed by atoms with E-state index in [0.717, 1.165) is 12.0 Å². The second-order valence-electron chi connectivity index (χ2n) is 6.64. The molecule has 0 saturated heterocycles. The van der Waals surface area contributed by atoms with Crippen LogP contribution in [0, 0.1) is 11.8 Å². The molecule has 3 rings (SSSR count). The van der Waals surface area contributed by atoms with Crippen LogP contribution in [0.25, 0.3) is 0 Å². The van der Waals surface area contributed by atoms with Gasteiger partial charge >= 0.3 is 5.97 Å². The SMILES string of the molecule is O=C(O)C1CC(O)CCC1C(=O)N1CC=CCC1c1ccccc1. The Bertz CT molecular complexity index is 628. The number of carbonyl (C=O) groups excluding carboxylic acids is 1. The van der Waals surface area contributed by atoms with Crippen molar-refractivity contribution in [1.82, 2.24) is 4.90 Å². The summed E-state index contributed by atoms with van der Waals surface area (Å²) in [6.07, 6.45) is 5.22. The predicted octanol–water partition coefficient (Wildman–Crippen LogP) is 2.38. The number of amides is 1. The van der Waals surface area contributed by atoms with Gasteiger partial charge in [-0.2, -0.15) is 0 Å². The number of hydrogen-bond acceptors (Lipinski definition) is 3. The maximum absolute atomic E-state index is 13.1. The lowest BCUT2D eigenvalue weighted by molar-refractivity contribution is -0.155. The Balaban J connectivity index is 1.84. The van der Waals surface area contributed by atoms with Gasteiger partial charge in [-0.25, -0.2) is 0 Å². The van der Waals surface area contributed by atoms with Gasteiger partial charge in [0.05, 0.1) is 24.0 Å². The molecule has 2 aliphatic rings. The van der Waals surface area contributed by atoms with Gasteiger partial charge in [-0.1, -0.05) is 42.5 Å². The van der Waals surface area contributed by atoms with Gasteiger partial charge in [-0.3, -0.25) is 9.59 Å². The van der Waals surface area contributed by atoms with E-state index in [1.807, 2.05) is 36.4 Å². The number of aliphatic carboxylic acids is 1. The Hall–Kier alpha value is -2.14. The number of carbonyl (C=O) groups is 2. The Morgan fingerprint density at radius 3 is 2.50 bits per heavy atom. The van der Waals surface area contributed by atoms with E-state index in [2.05, 4.69) is 6.08 Å². The summed E-state index contributed by atoms with van der Waals surface area (Å²) in [5, 5.41) is 19.2. The van der Waals surface area contributed by atoms with E-state index in [4.69, 9.17) is 0 Å². The molecule has 4 unspecified atom stereocenters. The molecule has 4 atom stereocenters. The van der Waals surface area contributed by atoms with E-state index in [1.165, 1.54) is 0 Å². The third-order valence-electron chi connectivity index (χ3n) is 5.13. The summed E-state index contributed by atoms with van der Waals surface area (Å²) >= 11 is 0. The molecule has 0 aromatic heterocycles. The van der Waals surface area contributed by atoms with Gasteiger partial charge in [0.1, 0.15) is 0 Å². The predicted molar refractivity (Wildman–Crippen MR) is 89.1 cm³/mol. The zero-order valence-corrected chi connectivity index (χ0v) is 13.5. The van der Waals surface area contributed by atoms with Gasteiger partial charge in [0, 0.05) is 6.54 Å². The molecule has 128 valence electrons. The van der Waals surface area contributed by atoms with E-state index in [1.54, 1.807) is 4.90 Å². The summed E-state index contributed by atoms with van der Waals surface area (Å²) in [5.74, 6) is -2.45. The van der Waals surface area contributed by atoms with Crippen LogP contribution in [-0.4, -0.2) is 39.6 Å². The first-order valence-electron chi connectivity index (χ1n) is 8.49. The first-order valence-corrected chi connectivity index (χ1v) is 8.49. The monoisotopic (exact) mass is 329 g/mol. The summed E-state index contributed by atoms with van der Waals surface area (Å²) in [4.78, 5) is 26.5. The van der Waals surface area contributed by atoms with Crippen LogP contribution in [0.5, 0.6) is 0 Å². The van der Waals surface area contributed by atoms with Crippen LogP contribution < -0.4 is 0 Å². The van der Waals surface area contributed by atoms with Crippen LogP contribution in [0.3, 0.4) is 0 Å². The summed E-state index contributed by atoms with van der Waals surface area (Å²) in [5.41, 5.74) is 1.07. The molecule has 1 saturated carbocycles. The van der Waals surface area contributed by atoms with Crippen molar-refractivity contribution in [2.75, 3.05) is 6.54 Å². The Kier molecular flexibility index (Phi) is 5.00. The number of aliphatic hydroxyl groups is 1. The van der Waals surface area contributed by atoms with Crippen LogP contribution in [-0.2, 0) is 9.59 Å². The molecule has 1 aliphatic carbocycles. The number of rotatable bonds is 3. The quantitative estimate of drug-likeness (QED) is 0.835. The molecule has 1 aromatic carbocycles. The number of hydrogen-bond donors (Lipinski definition) is 2. The van der Waals surface area contributed by atoms with E-state index in [9.17, 15) is 19.8 Å². The molecule has 0 spiro atoms.